The van der Waals surface area contributed by atoms with Crippen LogP contribution >= 0.6 is 0 Å². The zero-order chi connectivity index (χ0) is 28.9. The largest absolute Gasteiger partial charge is 0.395 e. The van der Waals surface area contributed by atoms with Gasteiger partial charge in [-0.05, 0) is 48.2 Å². The number of carbonyl (C=O) groups is 1. The molecule has 2 aliphatic rings. The van der Waals surface area contributed by atoms with Gasteiger partial charge in [0, 0.05) is 31.1 Å². The number of amides is 1. The van der Waals surface area contributed by atoms with Crippen LogP contribution in [0.5, 0.6) is 0 Å². The average molecular weight is 569 g/mol. The first-order valence-corrected chi connectivity index (χ1v) is 14.5. The fraction of sp³-hybridized carbons (Fsp3) is 0.364. The highest BCUT2D eigenvalue weighted by Gasteiger charge is 2.35. The molecule has 4 atom stereocenters. The number of ether oxygens (including phenoxy) is 2. The van der Waals surface area contributed by atoms with Gasteiger partial charge < -0.3 is 25.0 Å². The van der Waals surface area contributed by atoms with E-state index in [0.29, 0.717) is 18.5 Å². The summed E-state index contributed by atoms with van der Waals surface area (Å²) < 4.78 is 13.0. The minimum absolute atomic E-state index is 0.000133. The van der Waals surface area contributed by atoms with Crippen molar-refractivity contribution in [3.63, 3.8) is 0 Å². The van der Waals surface area contributed by atoms with Crippen molar-refractivity contribution in [3.8, 4) is 0 Å². The highest BCUT2D eigenvalue weighted by molar-refractivity contribution is 5.93. The van der Waals surface area contributed by atoms with Gasteiger partial charge in [0.2, 0.25) is 0 Å². The first-order chi connectivity index (χ1) is 20.6. The Kier molecular flexibility index (Phi) is 8.83. The van der Waals surface area contributed by atoms with Gasteiger partial charge in [-0.3, -0.25) is 14.7 Å². The number of aliphatic hydroxyl groups excluding tert-OH is 2. The maximum Gasteiger partial charge on any atom is 0.271 e. The molecule has 0 aliphatic carbocycles. The number of nitrogens with zero attached hydrogens (tertiary/aromatic N) is 3. The monoisotopic (exact) mass is 568 g/mol. The Bertz CT molecular complexity index is 1500. The number of rotatable bonds is 9. The molecule has 1 aromatic heterocycles. The smallest absolute Gasteiger partial charge is 0.271 e. The summed E-state index contributed by atoms with van der Waals surface area (Å²) >= 11 is 0. The van der Waals surface area contributed by atoms with Crippen molar-refractivity contribution in [1.82, 2.24) is 20.2 Å². The highest BCUT2D eigenvalue weighted by atomic mass is 16.7. The number of hydrogen-bond donors (Lipinski definition) is 3. The van der Waals surface area contributed by atoms with Gasteiger partial charge in [-0.1, -0.05) is 60.7 Å². The Balaban J connectivity index is 1.13. The summed E-state index contributed by atoms with van der Waals surface area (Å²) in [6, 6.07) is 23.4. The minimum atomic E-state index is -0.557. The van der Waals surface area contributed by atoms with E-state index in [9.17, 15) is 15.0 Å². The lowest BCUT2D eigenvalue weighted by atomic mass is 9.99. The van der Waals surface area contributed by atoms with Gasteiger partial charge in [0.05, 0.1) is 42.7 Å². The number of aromatic nitrogens is 2. The van der Waals surface area contributed by atoms with Crippen molar-refractivity contribution in [2.24, 2.45) is 0 Å². The molecule has 2 saturated heterocycles. The maximum absolute atomic E-state index is 12.7. The van der Waals surface area contributed by atoms with E-state index in [-0.39, 0.29) is 43.1 Å². The third kappa shape index (κ3) is 6.51. The van der Waals surface area contributed by atoms with Crippen molar-refractivity contribution in [2.45, 2.75) is 57.0 Å². The molecule has 42 heavy (non-hydrogen) atoms. The van der Waals surface area contributed by atoms with Gasteiger partial charge in [-0.15, -0.1) is 0 Å². The summed E-state index contributed by atoms with van der Waals surface area (Å²) in [5, 5.41) is 22.2. The van der Waals surface area contributed by atoms with Crippen LogP contribution < -0.4 is 5.32 Å². The van der Waals surface area contributed by atoms with Gasteiger partial charge in [-0.25, -0.2) is 4.98 Å². The molecule has 0 saturated carbocycles. The van der Waals surface area contributed by atoms with Gasteiger partial charge >= 0.3 is 0 Å². The molecule has 218 valence electrons. The predicted molar refractivity (Wildman–Crippen MR) is 157 cm³/mol. The van der Waals surface area contributed by atoms with E-state index >= 15 is 0 Å². The van der Waals surface area contributed by atoms with Crippen LogP contribution in [0.1, 0.15) is 64.4 Å². The van der Waals surface area contributed by atoms with Crippen LogP contribution in [0.3, 0.4) is 0 Å². The zero-order valence-corrected chi connectivity index (χ0v) is 23.4. The second-order valence-corrected chi connectivity index (χ2v) is 11.0. The molecular weight excluding hydrogens is 532 g/mol. The van der Waals surface area contributed by atoms with E-state index in [1.807, 2.05) is 72.8 Å². The molecule has 6 rings (SSSR count). The van der Waals surface area contributed by atoms with Crippen molar-refractivity contribution >= 4 is 16.9 Å². The van der Waals surface area contributed by atoms with E-state index < -0.39 is 6.29 Å². The molecule has 3 heterocycles. The lowest BCUT2D eigenvalue weighted by molar-refractivity contribution is -0.253. The summed E-state index contributed by atoms with van der Waals surface area (Å²) in [5.41, 5.74) is 5.44. The van der Waals surface area contributed by atoms with Crippen LogP contribution in [0.25, 0.3) is 11.0 Å². The van der Waals surface area contributed by atoms with Gasteiger partial charge in [0.1, 0.15) is 5.69 Å². The molecule has 0 radical (unpaired) electrons. The number of para-hydroxylation sites is 2. The number of carbonyl (C=O) groups excluding carboxylic acids is 1. The van der Waals surface area contributed by atoms with Crippen LogP contribution in [0.15, 0.2) is 79.0 Å². The molecule has 2 fully saturated rings. The SMILES string of the molecule is O=C(NCc1ccc([C@H]2O[C@@H](CN3CCC[C@H]3CO)C[C@@H](c3ccc(CO)cc3)O2)cc1)c1cnc2ccccc2n1. The number of likely N-dealkylation sites (tertiary alicyclic amines) is 1. The van der Waals surface area contributed by atoms with Crippen molar-refractivity contribution in [2.75, 3.05) is 19.7 Å². The topological polar surface area (TPSA) is 117 Å². The van der Waals surface area contributed by atoms with Gasteiger partial charge in [0.15, 0.2) is 6.29 Å². The first kappa shape index (κ1) is 28.4. The predicted octanol–water partition coefficient (Wildman–Crippen LogP) is 4.05. The van der Waals surface area contributed by atoms with E-state index in [1.165, 1.54) is 6.20 Å². The Morgan fingerprint density at radius 2 is 1.67 bits per heavy atom. The Morgan fingerprint density at radius 3 is 2.43 bits per heavy atom. The summed E-state index contributed by atoms with van der Waals surface area (Å²) in [6.07, 6.45) is 3.48. The molecule has 9 nitrogen and oxygen atoms in total. The quantitative estimate of drug-likeness (QED) is 0.277. The fourth-order valence-corrected chi connectivity index (χ4v) is 5.77. The number of benzene rings is 3. The number of nitrogens with one attached hydrogen (secondary N) is 1. The van der Waals surface area contributed by atoms with Crippen LogP contribution in [0, 0.1) is 0 Å². The molecule has 1 amide bonds. The third-order valence-corrected chi connectivity index (χ3v) is 8.15. The molecule has 2 aliphatic heterocycles. The summed E-state index contributed by atoms with van der Waals surface area (Å²) in [7, 11) is 0. The van der Waals surface area contributed by atoms with E-state index in [4.69, 9.17) is 9.47 Å². The van der Waals surface area contributed by atoms with E-state index in [0.717, 1.165) is 53.7 Å². The Hall–Kier alpha value is -3.73. The number of hydrogen-bond acceptors (Lipinski definition) is 8. The summed E-state index contributed by atoms with van der Waals surface area (Å²) in [5.74, 6) is -0.280. The molecular formula is C33H36N4O5. The highest BCUT2D eigenvalue weighted by Crippen LogP contribution is 2.38. The number of fused-ring (bicyclic) bond motifs is 1. The van der Waals surface area contributed by atoms with Crippen molar-refractivity contribution < 1.29 is 24.5 Å². The minimum Gasteiger partial charge on any atom is -0.395 e. The van der Waals surface area contributed by atoms with Crippen LogP contribution in [0.4, 0.5) is 0 Å². The van der Waals surface area contributed by atoms with Gasteiger partial charge in [0.25, 0.3) is 5.91 Å². The fourth-order valence-electron chi connectivity index (χ4n) is 5.77. The number of aliphatic hydroxyl groups is 2. The second-order valence-electron chi connectivity index (χ2n) is 11.0. The molecule has 0 unspecified atom stereocenters. The molecule has 9 heteroatoms. The summed E-state index contributed by atoms with van der Waals surface area (Å²) in [4.78, 5) is 23.8. The molecule has 3 aromatic carbocycles. The van der Waals surface area contributed by atoms with Gasteiger partial charge in [-0.2, -0.15) is 0 Å². The molecule has 4 aromatic rings. The molecule has 3 N–H and O–H groups in total. The Labute approximate surface area is 245 Å². The van der Waals surface area contributed by atoms with Crippen LogP contribution in [-0.4, -0.2) is 62.8 Å². The van der Waals surface area contributed by atoms with E-state index in [1.54, 1.807) is 0 Å². The van der Waals surface area contributed by atoms with Crippen molar-refractivity contribution in [1.29, 1.82) is 0 Å². The standard InChI is InChI=1S/C33H36N4O5/c38-20-23-9-11-24(12-10-23)31-16-27(19-37-15-3-4-26(37)21-39)41-33(42-31)25-13-7-22(8-14-25)17-35-32(40)30-18-34-28-5-1-2-6-29(28)36-30/h1-2,5-14,18,26-27,31,33,38-39H,3-4,15-17,19-21H2,(H,35,40)/t26-,27+,31-,33-/m0/s1. The molecule has 0 spiro atoms. The van der Waals surface area contributed by atoms with Crippen LogP contribution in [0.2, 0.25) is 0 Å². The lowest BCUT2D eigenvalue weighted by Crippen LogP contribution is -2.42. The lowest BCUT2D eigenvalue weighted by Gasteiger charge is -2.38. The summed E-state index contributed by atoms with van der Waals surface area (Å²) in [6.45, 7) is 2.19. The maximum atomic E-state index is 12.7. The molecule has 0 bridgehead atoms. The Morgan fingerprint density at radius 1 is 0.929 bits per heavy atom. The van der Waals surface area contributed by atoms with Crippen molar-refractivity contribution in [3.05, 3.63) is 107 Å². The third-order valence-electron chi connectivity index (χ3n) is 8.15. The normalized spacial score (nSPS) is 22.8. The average Bonchev–Trinajstić information content (AvgIpc) is 3.50. The first-order valence-electron chi connectivity index (χ1n) is 14.5. The van der Waals surface area contributed by atoms with Crippen LogP contribution in [-0.2, 0) is 22.6 Å². The van der Waals surface area contributed by atoms with E-state index in [2.05, 4.69) is 20.2 Å². The second kappa shape index (κ2) is 13.1. The zero-order valence-electron chi connectivity index (χ0n) is 23.4.